The van der Waals surface area contributed by atoms with Gasteiger partial charge in [-0.25, -0.2) is 4.98 Å². The van der Waals surface area contributed by atoms with Crippen molar-refractivity contribution in [3.05, 3.63) is 42.5 Å². The number of hydrogen-bond acceptors (Lipinski definition) is 4. The fourth-order valence-corrected chi connectivity index (χ4v) is 2.19. The Balaban J connectivity index is 1.56. The summed E-state index contributed by atoms with van der Waals surface area (Å²) in [6, 6.07) is 7.01. The zero-order valence-electron chi connectivity index (χ0n) is 11.0. The van der Waals surface area contributed by atoms with E-state index in [4.69, 9.17) is 10.5 Å². The monoisotopic (exact) mass is 272 g/mol. The third kappa shape index (κ3) is 2.59. The Morgan fingerprint density at radius 1 is 1.30 bits per heavy atom. The topological polar surface area (TPSA) is 73.4 Å². The fraction of sp³-hybridized carbons (Fsp3) is 0.286. The first kappa shape index (κ1) is 12.5. The SMILES string of the molecule is Nc1ccc(OCC(=O)N2CCn3ccnc3C2)cc1. The first-order valence-electron chi connectivity index (χ1n) is 6.48. The van der Waals surface area contributed by atoms with Gasteiger partial charge in [-0.2, -0.15) is 0 Å². The zero-order chi connectivity index (χ0) is 13.9. The predicted octanol–water partition coefficient (Wildman–Crippen LogP) is 0.886. The van der Waals surface area contributed by atoms with E-state index >= 15 is 0 Å². The molecule has 0 unspecified atom stereocenters. The molecule has 1 aliphatic rings. The van der Waals surface area contributed by atoms with Crippen molar-refractivity contribution in [1.29, 1.82) is 0 Å². The Morgan fingerprint density at radius 2 is 2.10 bits per heavy atom. The predicted molar refractivity (Wildman–Crippen MR) is 74.0 cm³/mol. The van der Waals surface area contributed by atoms with Crippen molar-refractivity contribution in [2.75, 3.05) is 18.9 Å². The first-order chi connectivity index (χ1) is 9.72. The summed E-state index contributed by atoms with van der Waals surface area (Å²) in [5.74, 6) is 1.53. The van der Waals surface area contributed by atoms with E-state index in [9.17, 15) is 4.79 Å². The van der Waals surface area contributed by atoms with E-state index in [1.165, 1.54) is 0 Å². The van der Waals surface area contributed by atoms with Crippen LogP contribution in [0.15, 0.2) is 36.7 Å². The molecule has 1 aromatic heterocycles. The van der Waals surface area contributed by atoms with Gasteiger partial charge in [0.25, 0.3) is 5.91 Å². The van der Waals surface area contributed by atoms with Crippen LogP contribution >= 0.6 is 0 Å². The molecular weight excluding hydrogens is 256 g/mol. The molecule has 0 saturated carbocycles. The molecule has 6 heteroatoms. The minimum atomic E-state index is -0.0314. The summed E-state index contributed by atoms with van der Waals surface area (Å²) in [6.07, 6.45) is 3.69. The molecule has 0 radical (unpaired) electrons. The molecule has 0 aliphatic carbocycles. The number of fused-ring (bicyclic) bond motifs is 1. The smallest absolute Gasteiger partial charge is 0.260 e. The van der Waals surface area contributed by atoms with Gasteiger partial charge in [-0.05, 0) is 24.3 Å². The highest BCUT2D eigenvalue weighted by Gasteiger charge is 2.21. The van der Waals surface area contributed by atoms with E-state index in [0.717, 1.165) is 12.4 Å². The van der Waals surface area contributed by atoms with Crippen LogP contribution in [0.3, 0.4) is 0 Å². The Labute approximate surface area is 116 Å². The molecule has 3 rings (SSSR count). The van der Waals surface area contributed by atoms with Gasteiger partial charge in [0.15, 0.2) is 6.61 Å². The summed E-state index contributed by atoms with van der Waals surface area (Å²) in [7, 11) is 0. The van der Waals surface area contributed by atoms with Crippen molar-refractivity contribution in [1.82, 2.24) is 14.5 Å². The van der Waals surface area contributed by atoms with Crippen molar-refractivity contribution >= 4 is 11.6 Å². The fourth-order valence-electron chi connectivity index (χ4n) is 2.19. The van der Waals surface area contributed by atoms with Crippen LogP contribution in [0.25, 0.3) is 0 Å². The van der Waals surface area contributed by atoms with Crippen LogP contribution in [0.2, 0.25) is 0 Å². The average molecular weight is 272 g/mol. The highest BCUT2D eigenvalue weighted by atomic mass is 16.5. The van der Waals surface area contributed by atoms with Crippen LogP contribution in [0, 0.1) is 0 Å². The van der Waals surface area contributed by atoms with Crippen molar-refractivity contribution in [3.63, 3.8) is 0 Å². The van der Waals surface area contributed by atoms with Crippen LogP contribution in [-0.4, -0.2) is 33.5 Å². The van der Waals surface area contributed by atoms with Crippen molar-refractivity contribution < 1.29 is 9.53 Å². The number of nitrogens with zero attached hydrogens (tertiary/aromatic N) is 3. The molecule has 2 aromatic rings. The van der Waals surface area contributed by atoms with Gasteiger partial charge in [-0.3, -0.25) is 4.79 Å². The lowest BCUT2D eigenvalue weighted by Crippen LogP contribution is -2.40. The molecule has 6 nitrogen and oxygen atoms in total. The van der Waals surface area contributed by atoms with E-state index < -0.39 is 0 Å². The maximum Gasteiger partial charge on any atom is 0.260 e. The third-order valence-electron chi connectivity index (χ3n) is 3.34. The van der Waals surface area contributed by atoms with E-state index in [1.807, 2.05) is 6.20 Å². The molecule has 1 amide bonds. The van der Waals surface area contributed by atoms with Crippen molar-refractivity contribution in [3.8, 4) is 5.75 Å². The Morgan fingerprint density at radius 3 is 2.90 bits per heavy atom. The average Bonchev–Trinajstić information content (AvgIpc) is 2.93. The zero-order valence-corrected chi connectivity index (χ0v) is 11.0. The summed E-state index contributed by atoms with van der Waals surface area (Å²) in [5.41, 5.74) is 6.27. The summed E-state index contributed by atoms with van der Waals surface area (Å²) >= 11 is 0. The quantitative estimate of drug-likeness (QED) is 0.842. The Bertz CT molecular complexity index is 606. The lowest BCUT2D eigenvalue weighted by molar-refractivity contribution is -0.134. The molecule has 0 saturated heterocycles. The van der Waals surface area contributed by atoms with Crippen LogP contribution < -0.4 is 10.5 Å². The number of anilines is 1. The number of ether oxygens (including phenoxy) is 1. The number of rotatable bonds is 3. The Kier molecular flexibility index (Phi) is 3.28. The number of amides is 1. The molecule has 20 heavy (non-hydrogen) atoms. The van der Waals surface area contributed by atoms with Crippen molar-refractivity contribution in [2.24, 2.45) is 0 Å². The molecule has 104 valence electrons. The second-order valence-electron chi connectivity index (χ2n) is 4.71. The van der Waals surface area contributed by atoms with Gasteiger partial charge in [-0.1, -0.05) is 0 Å². The minimum Gasteiger partial charge on any atom is -0.484 e. The summed E-state index contributed by atoms with van der Waals surface area (Å²) in [5, 5.41) is 0. The number of nitrogens with two attached hydrogens (primary N) is 1. The molecule has 0 bridgehead atoms. The third-order valence-corrected chi connectivity index (χ3v) is 3.34. The molecule has 1 aromatic carbocycles. The summed E-state index contributed by atoms with van der Waals surface area (Å²) < 4.78 is 7.53. The largest absolute Gasteiger partial charge is 0.484 e. The van der Waals surface area contributed by atoms with Gasteiger partial charge in [-0.15, -0.1) is 0 Å². The van der Waals surface area contributed by atoms with Crippen LogP contribution in [0.4, 0.5) is 5.69 Å². The highest BCUT2D eigenvalue weighted by Crippen LogP contribution is 2.14. The number of benzene rings is 1. The summed E-state index contributed by atoms with van der Waals surface area (Å²) in [6.45, 7) is 2.04. The van der Waals surface area contributed by atoms with E-state index in [2.05, 4.69) is 9.55 Å². The van der Waals surface area contributed by atoms with Gasteiger partial charge in [0.1, 0.15) is 11.6 Å². The maximum atomic E-state index is 12.1. The van der Waals surface area contributed by atoms with E-state index in [1.54, 1.807) is 35.4 Å². The molecular formula is C14H16N4O2. The highest BCUT2D eigenvalue weighted by molar-refractivity contribution is 5.77. The number of imidazole rings is 1. The van der Waals surface area contributed by atoms with Gasteiger partial charge in [0, 0.05) is 31.2 Å². The van der Waals surface area contributed by atoms with Crippen molar-refractivity contribution in [2.45, 2.75) is 13.1 Å². The standard InChI is InChI=1S/C14H16N4O2/c15-11-1-3-12(4-2-11)20-10-14(19)18-8-7-17-6-5-16-13(17)9-18/h1-6H,7-10,15H2. The van der Waals surface area contributed by atoms with Gasteiger partial charge in [0.2, 0.25) is 0 Å². The van der Waals surface area contributed by atoms with Crippen LogP contribution in [-0.2, 0) is 17.9 Å². The molecule has 0 fully saturated rings. The Hall–Kier alpha value is -2.50. The minimum absolute atomic E-state index is 0.0314. The van der Waals surface area contributed by atoms with E-state index in [0.29, 0.717) is 24.5 Å². The first-order valence-corrected chi connectivity index (χ1v) is 6.48. The number of hydrogen-bond donors (Lipinski definition) is 1. The summed E-state index contributed by atoms with van der Waals surface area (Å²) in [4.78, 5) is 18.1. The number of aromatic nitrogens is 2. The van der Waals surface area contributed by atoms with Crippen LogP contribution in [0.5, 0.6) is 5.75 Å². The van der Waals surface area contributed by atoms with Gasteiger partial charge >= 0.3 is 0 Å². The normalized spacial score (nSPS) is 13.9. The molecule has 0 spiro atoms. The van der Waals surface area contributed by atoms with E-state index in [-0.39, 0.29) is 12.5 Å². The molecule has 1 aliphatic heterocycles. The molecule has 2 heterocycles. The lowest BCUT2D eigenvalue weighted by atomic mass is 10.3. The van der Waals surface area contributed by atoms with Gasteiger partial charge in [0.05, 0.1) is 6.54 Å². The molecule has 2 N–H and O–H groups in total. The number of carbonyl (C=O) groups excluding carboxylic acids is 1. The second kappa shape index (κ2) is 5.24. The maximum absolute atomic E-state index is 12.1. The number of carbonyl (C=O) groups is 1. The molecule has 0 atom stereocenters. The van der Waals surface area contributed by atoms with Crippen LogP contribution in [0.1, 0.15) is 5.82 Å². The second-order valence-corrected chi connectivity index (χ2v) is 4.71. The lowest BCUT2D eigenvalue weighted by Gasteiger charge is -2.27. The van der Waals surface area contributed by atoms with Gasteiger partial charge < -0.3 is 19.9 Å². The number of nitrogen functional groups attached to an aromatic ring is 1.